The molecule has 1 aromatic rings. The molecule has 1 aliphatic rings. The Labute approximate surface area is 95.4 Å². The predicted octanol–water partition coefficient (Wildman–Crippen LogP) is 1.77. The number of nitrogen functional groups attached to an aromatic ring is 1. The zero-order valence-electron chi connectivity index (χ0n) is 9.95. The van der Waals surface area contributed by atoms with Crippen LogP contribution in [0.15, 0.2) is 0 Å². The van der Waals surface area contributed by atoms with Gasteiger partial charge in [-0.2, -0.15) is 4.98 Å². The number of hydrogen-bond donors (Lipinski definition) is 2. The van der Waals surface area contributed by atoms with Gasteiger partial charge >= 0.3 is 0 Å². The quantitative estimate of drug-likeness (QED) is 0.812. The number of methoxy groups -OCH3 is 1. The maximum absolute atomic E-state index is 5.92. The molecule has 0 bridgehead atoms. The van der Waals surface area contributed by atoms with E-state index >= 15 is 0 Å². The van der Waals surface area contributed by atoms with E-state index in [1.54, 1.807) is 7.11 Å². The molecule has 0 aliphatic heterocycles. The molecule has 16 heavy (non-hydrogen) atoms. The van der Waals surface area contributed by atoms with Crippen molar-refractivity contribution in [1.29, 1.82) is 0 Å². The molecule has 0 unspecified atom stereocenters. The third-order valence-corrected chi connectivity index (χ3v) is 2.49. The van der Waals surface area contributed by atoms with Crippen molar-refractivity contribution >= 4 is 11.5 Å². The van der Waals surface area contributed by atoms with E-state index in [9.17, 15) is 0 Å². The molecule has 0 saturated heterocycles. The van der Waals surface area contributed by atoms with Crippen molar-refractivity contribution in [2.24, 2.45) is 0 Å². The average molecular weight is 222 g/mol. The zero-order chi connectivity index (χ0) is 11.7. The van der Waals surface area contributed by atoms with Crippen LogP contribution in [0.1, 0.15) is 38.4 Å². The number of aromatic nitrogens is 2. The number of rotatable bonds is 4. The van der Waals surface area contributed by atoms with E-state index in [4.69, 9.17) is 10.5 Å². The highest BCUT2D eigenvalue weighted by Gasteiger charge is 2.28. The number of hydrogen-bond acceptors (Lipinski definition) is 5. The van der Waals surface area contributed by atoms with Gasteiger partial charge in [0, 0.05) is 12.0 Å². The second-order valence-corrected chi connectivity index (χ2v) is 4.43. The summed E-state index contributed by atoms with van der Waals surface area (Å²) in [4.78, 5) is 8.78. The fourth-order valence-corrected chi connectivity index (χ4v) is 1.53. The molecule has 0 amide bonds. The van der Waals surface area contributed by atoms with Crippen LogP contribution in [0.2, 0.25) is 0 Å². The van der Waals surface area contributed by atoms with Crippen molar-refractivity contribution in [1.82, 2.24) is 9.97 Å². The van der Waals surface area contributed by atoms with Crippen molar-refractivity contribution in [3.63, 3.8) is 0 Å². The predicted molar refractivity (Wildman–Crippen MR) is 63.7 cm³/mol. The normalized spacial score (nSPS) is 15.2. The Balaban J connectivity index is 2.36. The van der Waals surface area contributed by atoms with Crippen molar-refractivity contribution in [3.05, 3.63) is 5.82 Å². The van der Waals surface area contributed by atoms with Gasteiger partial charge in [-0.15, -0.1) is 0 Å². The van der Waals surface area contributed by atoms with Crippen LogP contribution in [-0.2, 0) is 0 Å². The second-order valence-electron chi connectivity index (χ2n) is 4.43. The zero-order valence-corrected chi connectivity index (χ0v) is 9.95. The summed E-state index contributed by atoms with van der Waals surface area (Å²) in [5.41, 5.74) is 6.41. The minimum Gasteiger partial charge on any atom is -0.479 e. The largest absolute Gasteiger partial charge is 0.479 e. The molecule has 1 aliphatic carbocycles. The lowest BCUT2D eigenvalue weighted by Gasteiger charge is -2.14. The molecule has 5 heteroatoms. The second kappa shape index (κ2) is 4.15. The molecular formula is C11H18N4O. The lowest BCUT2D eigenvalue weighted by molar-refractivity contribution is 0.397. The maximum atomic E-state index is 5.92. The number of ether oxygens (including phenoxy) is 1. The topological polar surface area (TPSA) is 73.1 Å². The molecular weight excluding hydrogens is 204 g/mol. The van der Waals surface area contributed by atoms with Gasteiger partial charge in [-0.1, -0.05) is 0 Å². The first-order chi connectivity index (χ1) is 7.61. The van der Waals surface area contributed by atoms with Crippen LogP contribution in [0.4, 0.5) is 11.5 Å². The van der Waals surface area contributed by atoms with Gasteiger partial charge in [0.2, 0.25) is 5.88 Å². The van der Waals surface area contributed by atoms with Gasteiger partial charge in [-0.25, -0.2) is 4.98 Å². The number of anilines is 2. The molecule has 88 valence electrons. The van der Waals surface area contributed by atoms with Gasteiger partial charge in [0.1, 0.15) is 11.5 Å². The van der Waals surface area contributed by atoms with E-state index in [0.717, 1.165) is 18.7 Å². The molecule has 3 N–H and O–H groups in total. The first-order valence-electron chi connectivity index (χ1n) is 5.59. The van der Waals surface area contributed by atoms with Crippen LogP contribution in [0.5, 0.6) is 5.88 Å². The Bertz CT molecular complexity index is 388. The SMILES string of the molecule is COc1nc(C2CC2)nc(NC(C)C)c1N. The number of nitrogens with one attached hydrogen (secondary N) is 1. The van der Waals surface area contributed by atoms with Crippen LogP contribution in [0, 0.1) is 0 Å². The van der Waals surface area contributed by atoms with Crippen molar-refractivity contribution in [2.75, 3.05) is 18.2 Å². The number of nitrogens with two attached hydrogens (primary N) is 1. The summed E-state index contributed by atoms with van der Waals surface area (Å²) >= 11 is 0. The van der Waals surface area contributed by atoms with E-state index in [2.05, 4.69) is 15.3 Å². The lowest BCUT2D eigenvalue weighted by atomic mass is 10.3. The van der Waals surface area contributed by atoms with Crippen molar-refractivity contribution < 1.29 is 4.74 Å². The van der Waals surface area contributed by atoms with Gasteiger partial charge in [0.05, 0.1) is 7.11 Å². The van der Waals surface area contributed by atoms with Gasteiger partial charge in [0.25, 0.3) is 0 Å². The Hall–Kier alpha value is -1.52. The van der Waals surface area contributed by atoms with Crippen molar-refractivity contribution in [2.45, 2.75) is 38.6 Å². The molecule has 0 spiro atoms. The molecule has 2 rings (SSSR count). The Morgan fingerprint density at radius 3 is 2.56 bits per heavy atom. The summed E-state index contributed by atoms with van der Waals surface area (Å²) in [7, 11) is 1.58. The van der Waals surface area contributed by atoms with Gasteiger partial charge in [-0.3, -0.25) is 0 Å². The molecule has 1 fully saturated rings. The fourth-order valence-electron chi connectivity index (χ4n) is 1.53. The molecule has 5 nitrogen and oxygen atoms in total. The Morgan fingerprint density at radius 1 is 1.38 bits per heavy atom. The Morgan fingerprint density at radius 2 is 2.06 bits per heavy atom. The minimum atomic E-state index is 0.286. The van der Waals surface area contributed by atoms with Crippen LogP contribution < -0.4 is 15.8 Å². The maximum Gasteiger partial charge on any atom is 0.242 e. The summed E-state index contributed by atoms with van der Waals surface area (Å²) < 4.78 is 5.17. The van der Waals surface area contributed by atoms with Gasteiger partial charge in [-0.05, 0) is 26.7 Å². The highest BCUT2D eigenvalue weighted by molar-refractivity contribution is 5.67. The third kappa shape index (κ3) is 2.18. The molecule has 1 aromatic heterocycles. The van der Waals surface area contributed by atoms with E-state index in [1.807, 2.05) is 13.8 Å². The van der Waals surface area contributed by atoms with Crippen LogP contribution in [0.3, 0.4) is 0 Å². The van der Waals surface area contributed by atoms with Gasteiger partial charge < -0.3 is 15.8 Å². The van der Waals surface area contributed by atoms with E-state index < -0.39 is 0 Å². The summed E-state index contributed by atoms with van der Waals surface area (Å²) in [6, 6.07) is 0.286. The molecule has 0 aromatic carbocycles. The third-order valence-electron chi connectivity index (χ3n) is 2.49. The lowest BCUT2D eigenvalue weighted by Crippen LogP contribution is -2.15. The number of nitrogens with zero attached hydrogens (tertiary/aromatic N) is 2. The first kappa shape index (κ1) is 11.0. The first-order valence-corrected chi connectivity index (χ1v) is 5.59. The van der Waals surface area contributed by atoms with Crippen LogP contribution in [-0.4, -0.2) is 23.1 Å². The molecule has 0 radical (unpaired) electrons. The average Bonchev–Trinajstić information content (AvgIpc) is 3.04. The fraction of sp³-hybridized carbons (Fsp3) is 0.636. The smallest absolute Gasteiger partial charge is 0.242 e. The van der Waals surface area contributed by atoms with Crippen LogP contribution in [0.25, 0.3) is 0 Å². The molecule has 0 atom stereocenters. The molecule has 1 saturated carbocycles. The standard InChI is InChI=1S/C11H18N4O/c1-6(2)13-10-8(12)11(16-3)15-9(14-10)7-4-5-7/h6-7H,4-5,12H2,1-3H3,(H,13,14,15). The Kier molecular flexibility index (Phi) is 2.85. The monoisotopic (exact) mass is 222 g/mol. The van der Waals surface area contributed by atoms with Crippen LogP contribution >= 0.6 is 0 Å². The van der Waals surface area contributed by atoms with Gasteiger partial charge in [0.15, 0.2) is 5.82 Å². The van der Waals surface area contributed by atoms with E-state index in [0.29, 0.717) is 23.3 Å². The highest BCUT2D eigenvalue weighted by atomic mass is 16.5. The summed E-state index contributed by atoms with van der Waals surface area (Å²) in [5, 5.41) is 3.21. The summed E-state index contributed by atoms with van der Waals surface area (Å²) in [5.74, 6) is 2.49. The van der Waals surface area contributed by atoms with E-state index in [1.165, 1.54) is 0 Å². The highest BCUT2D eigenvalue weighted by Crippen LogP contribution is 2.40. The van der Waals surface area contributed by atoms with Crippen molar-refractivity contribution in [3.8, 4) is 5.88 Å². The minimum absolute atomic E-state index is 0.286. The summed E-state index contributed by atoms with van der Waals surface area (Å²) in [6.45, 7) is 4.09. The van der Waals surface area contributed by atoms with E-state index in [-0.39, 0.29) is 6.04 Å². The summed E-state index contributed by atoms with van der Waals surface area (Å²) in [6.07, 6.45) is 2.32. The molecule has 1 heterocycles.